The summed E-state index contributed by atoms with van der Waals surface area (Å²) in [4.78, 5) is 15.9. The zero-order valence-electron chi connectivity index (χ0n) is 19.7. The smallest absolute Gasteiger partial charge is 0.262 e. The number of benzene rings is 3. The molecule has 4 heteroatoms. The fraction of sp³-hybridized carbons (Fsp3) is 0.267. The summed E-state index contributed by atoms with van der Waals surface area (Å²) in [6, 6.07) is 30.9. The lowest BCUT2D eigenvalue weighted by Gasteiger charge is -2.31. The quantitative estimate of drug-likeness (QED) is 0.440. The summed E-state index contributed by atoms with van der Waals surface area (Å²) in [5, 5.41) is 6.81. The molecule has 1 amide bonds. The number of para-hydroxylation sites is 1. The van der Waals surface area contributed by atoms with Crippen molar-refractivity contribution in [3.8, 4) is 0 Å². The van der Waals surface area contributed by atoms with Crippen molar-refractivity contribution in [2.45, 2.75) is 32.2 Å². The van der Waals surface area contributed by atoms with Crippen LogP contribution in [0.15, 0.2) is 102 Å². The van der Waals surface area contributed by atoms with Gasteiger partial charge in [0.15, 0.2) is 0 Å². The minimum absolute atomic E-state index is 0.0421. The van der Waals surface area contributed by atoms with Crippen LogP contribution >= 0.6 is 0 Å². The summed E-state index contributed by atoms with van der Waals surface area (Å²) < 4.78 is 0. The van der Waals surface area contributed by atoms with E-state index in [1.807, 2.05) is 30.3 Å². The van der Waals surface area contributed by atoms with Gasteiger partial charge in [-0.15, -0.1) is 0 Å². The van der Waals surface area contributed by atoms with Gasteiger partial charge >= 0.3 is 0 Å². The number of nitrogens with zero attached hydrogens (tertiary/aromatic N) is 3. The molecule has 1 aliphatic heterocycles. The fourth-order valence-electron chi connectivity index (χ4n) is 5.20. The first-order valence-corrected chi connectivity index (χ1v) is 12.3. The van der Waals surface area contributed by atoms with Crippen LogP contribution in [-0.2, 0) is 4.79 Å². The van der Waals surface area contributed by atoms with E-state index in [2.05, 4.69) is 78.6 Å². The Kier molecular flexibility index (Phi) is 6.57. The molecule has 4 nitrogen and oxygen atoms in total. The third kappa shape index (κ3) is 4.54. The first-order chi connectivity index (χ1) is 16.7. The lowest BCUT2D eigenvalue weighted by atomic mass is 9.77. The van der Waals surface area contributed by atoms with E-state index in [-0.39, 0.29) is 17.9 Å². The Balaban J connectivity index is 1.49. The van der Waals surface area contributed by atoms with Gasteiger partial charge in [-0.25, -0.2) is 5.01 Å². The number of likely N-dealkylation sites (N-methyl/N-ethyl adjacent to an activating group) is 1. The Morgan fingerprint density at radius 2 is 1.62 bits per heavy atom. The molecular weight excluding hydrogens is 418 g/mol. The van der Waals surface area contributed by atoms with Crippen LogP contribution in [0.2, 0.25) is 0 Å². The molecule has 0 bridgehead atoms. The van der Waals surface area contributed by atoms with Gasteiger partial charge in [-0.05, 0) is 61.1 Å². The van der Waals surface area contributed by atoms with E-state index >= 15 is 0 Å². The number of carbonyl (C=O) groups excluding carboxylic acids is 1. The Morgan fingerprint density at radius 1 is 0.971 bits per heavy atom. The van der Waals surface area contributed by atoms with Crippen LogP contribution in [0.5, 0.6) is 0 Å². The van der Waals surface area contributed by atoms with E-state index < -0.39 is 0 Å². The molecule has 2 aliphatic rings. The molecule has 34 heavy (non-hydrogen) atoms. The van der Waals surface area contributed by atoms with E-state index in [0.717, 1.165) is 42.8 Å². The Bertz CT molecular complexity index is 1170. The second-order valence-corrected chi connectivity index (χ2v) is 9.01. The first kappa shape index (κ1) is 22.1. The predicted octanol–water partition coefficient (Wildman–Crippen LogP) is 6.34. The Labute approximate surface area is 202 Å². The van der Waals surface area contributed by atoms with Crippen molar-refractivity contribution >= 4 is 23.4 Å². The van der Waals surface area contributed by atoms with E-state index in [4.69, 9.17) is 5.10 Å². The van der Waals surface area contributed by atoms with E-state index in [0.29, 0.717) is 6.54 Å². The molecule has 5 rings (SSSR count). The average molecular weight is 450 g/mol. The summed E-state index contributed by atoms with van der Waals surface area (Å²) in [6.45, 7) is 3.16. The fourth-order valence-corrected chi connectivity index (χ4v) is 5.20. The largest absolute Gasteiger partial charge is 0.362 e. The normalized spacial score (nSPS) is 20.7. The SMILES string of the molecule is CCN(CC(=O)N1N=C2/C(=C\c3ccccc3)CCC[C@H]2[C@H]1c1ccccc1)c1ccccc1. The van der Waals surface area contributed by atoms with Crippen molar-refractivity contribution < 1.29 is 4.79 Å². The number of amides is 1. The number of hydrogen-bond donors (Lipinski definition) is 0. The van der Waals surface area contributed by atoms with Crippen molar-refractivity contribution in [3.05, 3.63) is 108 Å². The van der Waals surface area contributed by atoms with Crippen LogP contribution in [0.1, 0.15) is 43.4 Å². The van der Waals surface area contributed by atoms with E-state index in [1.54, 1.807) is 5.01 Å². The Hall–Kier alpha value is -3.66. The third-order valence-electron chi connectivity index (χ3n) is 6.87. The van der Waals surface area contributed by atoms with Gasteiger partial charge in [0, 0.05) is 18.2 Å². The lowest BCUT2D eigenvalue weighted by molar-refractivity contribution is -0.132. The molecule has 1 aliphatic carbocycles. The summed E-state index contributed by atoms with van der Waals surface area (Å²) >= 11 is 0. The molecule has 1 heterocycles. The van der Waals surface area contributed by atoms with Crippen molar-refractivity contribution in [3.63, 3.8) is 0 Å². The van der Waals surface area contributed by atoms with Crippen molar-refractivity contribution in [2.75, 3.05) is 18.0 Å². The number of hydrazone groups is 1. The Morgan fingerprint density at radius 3 is 2.29 bits per heavy atom. The lowest BCUT2D eigenvalue weighted by Crippen LogP contribution is -2.39. The van der Waals surface area contributed by atoms with Gasteiger partial charge in [-0.3, -0.25) is 4.79 Å². The maximum absolute atomic E-state index is 13.7. The van der Waals surface area contributed by atoms with Gasteiger partial charge in [0.25, 0.3) is 5.91 Å². The van der Waals surface area contributed by atoms with Gasteiger partial charge in [0.1, 0.15) is 0 Å². The van der Waals surface area contributed by atoms with Crippen LogP contribution in [0.3, 0.4) is 0 Å². The number of rotatable bonds is 6. The molecule has 0 radical (unpaired) electrons. The molecule has 0 spiro atoms. The molecule has 1 fully saturated rings. The zero-order chi connectivity index (χ0) is 23.3. The highest BCUT2D eigenvalue weighted by atomic mass is 16.2. The highest BCUT2D eigenvalue weighted by Gasteiger charge is 2.43. The average Bonchev–Trinajstić information content (AvgIpc) is 3.30. The van der Waals surface area contributed by atoms with Gasteiger partial charge in [0.2, 0.25) is 0 Å². The monoisotopic (exact) mass is 449 g/mol. The first-order valence-electron chi connectivity index (χ1n) is 12.3. The van der Waals surface area contributed by atoms with Gasteiger partial charge in [-0.2, -0.15) is 5.10 Å². The molecular formula is C30H31N3O. The summed E-state index contributed by atoms with van der Waals surface area (Å²) in [5.41, 5.74) is 5.74. The van der Waals surface area contributed by atoms with Crippen LogP contribution in [0, 0.1) is 5.92 Å². The molecule has 1 saturated carbocycles. The summed E-state index contributed by atoms with van der Waals surface area (Å²) in [7, 11) is 0. The molecule has 0 N–H and O–H groups in total. The molecule has 0 saturated heterocycles. The number of hydrogen-bond acceptors (Lipinski definition) is 3. The van der Waals surface area contributed by atoms with Gasteiger partial charge < -0.3 is 4.90 Å². The van der Waals surface area contributed by atoms with E-state index in [1.165, 1.54) is 11.1 Å². The van der Waals surface area contributed by atoms with Crippen molar-refractivity contribution in [1.82, 2.24) is 5.01 Å². The minimum Gasteiger partial charge on any atom is -0.362 e. The van der Waals surface area contributed by atoms with Crippen LogP contribution < -0.4 is 4.90 Å². The molecule has 0 unspecified atom stereocenters. The number of allylic oxidation sites excluding steroid dienone is 1. The molecule has 2 atom stereocenters. The standard InChI is InChI=1S/C30H31N3O/c1-2-32(26-18-10-5-11-19-26)22-28(34)33-30(24-15-8-4-9-16-24)27-20-12-17-25(29(27)31-33)21-23-13-6-3-7-14-23/h3-11,13-16,18-19,21,27,30H,2,12,17,20,22H2,1H3/b25-21-/t27-,30-/m1/s1. The maximum Gasteiger partial charge on any atom is 0.262 e. The van der Waals surface area contributed by atoms with E-state index in [9.17, 15) is 4.79 Å². The highest BCUT2D eigenvalue weighted by molar-refractivity contribution is 6.08. The molecule has 172 valence electrons. The van der Waals surface area contributed by atoms with Gasteiger partial charge in [0.05, 0.1) is 18.3 Å². The van der Waals surface area contributed by atoms with Crippen LogP contribution in [-0.4, -0.2) is 29.7 Å². The van der Waals surface area contributed by atoms with Crippen molar-refractivity contribution in [2.24, 2.45) is 11.0 Å². The second kappa shape index (κ2) is 10.1. The number of anilines is 1. The summed E-state index contributed by atoms with van der Waals surface area (Å²) in [6.07, 6.45) is 5.41. The van der Waals surface area contributed by atoms with Crippen LogP contribution in [0.25, 0.3) is 6.08 Å². The topological polar surface area (TPSA) is 35.9 Å². The molecule has 3 aromatic carbocycles. The number of fused-ring (bicyclic) bond motifs is 1. The molecule has 0 aromatic heterocycles. The third-order valence-corrected chi connectivity index (χ3v) is 6.87. The predicted molar refractivity (Wildman–Crippen MR) is 140 cm³/mol. The summed E-state index contributed by atoms with van der Waals surface area (Å²) in [5.74, 6) is 0.266. The number of carbonyl (C=O) groups is 1. The molecule has 3 aromatic rings. The van der Waals surface area contributed by atoms with Gasteiger partial charge in [-0.1, -0.05) is 78.9 Å². The zero-order valence-corrected chi connectivity index (χ0v) is 19.7. The minimum atomic E-state index is -0.0577. The highest BCUT2D eigenvalue weighted by Crippen LogP contribution is 2.44. The second-order valence-electron chi connectivity index (χ2n) is 9.01. The van der Waals surface area contributed by atoms with Crippen molar-refractivity contribution in [1.29, 1.82) is 0 Å². The van der Waals surface area contributed by atoms with Crippen LogP contribution in [0.4, 0.5) is 5.69 Å². The maximum atomic E-state index is 13.7.